The van der Waals surface area contributed by atoms with Crippen molar-refractivity contribution >= 4 is 17.5 Å². The zero-order valence-corrected chi connectivity index (χ0v) is 10.3. The van der Waals surface area contributed by atoms with Crippen molar-refractivity contribution in [3.05, 3.63) is 36.2 Å². The zero-order chi connectivity index (χ0) is 14.1. The van der Waals surface area contributed by atoms with Gasteiger partial charge in [-0.3, -0.25) is 14.5 Å². The molecular weight excluding hydrogens is 262 g/mol. The van der Waals surface area contributed by atoms with E-state index >= 15 is 0 Å². The highest BCUT2D eigenvalue weighted by molar-refractivity contribution is 6.06. The molecule has 2 aromatic rings. The number of hydrogen-bond donors (Lipinski definition) is 2. The molecule has 0 fully saturated rings. The van der Waals surface area contributed by atoms with E-state index in [1.807, 2.05) is 0 Å². The van der Waals surface area contributed by atoms with Gasteiger partial charge in [-0.05, 0) is 12.1 Å². The Hall–Kier alpha value is -2.90. The van der Waals surface area contributed by atoms with Crippen molar-refractivity contribution in [2.75, 3.05) is 11.4 Å². The standard InChI is InChI=1S/C12H11N5O3/c13-11(18)10-6-17(12(19)7-5-14-16-15-7)8-3-1-2-4-9(8)20-10/h1-5,10H,6H2,(H2,13,18)(H,14,15,16). The molecule has 0 bridgehead atoms. The average Bonchev–Trinajstić information content (AvgIpc) is 2.99. The van der Waals surface area contributed by atoms with Gasteiger partial charge in [0, 0.05) is 0 Å². The lowest BCUT2D eigenvalue weighted by atomic mass is 10.1. The Balaban J connectivity index is 2.01. The number of ether oxygens (including phenoxy) is 1. The molecule has 8 heteroatoms. The van der Waals surface area contributed by atoms with E-state index in [9.17, 15) is 9.59 Å². The molecule has 3 rings (SSSR count). The van der Waals surface area contributed by atoms with Crippen LogP contribution in [0.5, 0.6) is 5.75 Å². The van der Waals surface area contributed by atoms with E-state index in [0.29, 0.717) is 11.4 Å². The highest BCUT2D eigenvalue weighted by Crippen LogP contribution is 2.33. The quantitative estimate of drug-likeness (QED) is 0.779. The first-order chi connectivity index (χ1) is 9.66. The van der Waals surface area contributed by atoms with Crippen molar-refractivity contribution < 1.29 is 14.3 Å². The maximum Gasteiger partial charge on any atom is 0.280 e. The largest absolute Gasteiger partial charge is 0.477 e. The van der Waals surface area contributed by atoms with Crippen LogP contribution in [0.2, 0.25) is 0 Å². The lowest BCUT2D eigenvalue weighted by molar-refractivity contribution is -0.124. The van der Waals surface area contributed by atoms with Crippen molar-refractivity contribution in [3.8, 4) is 5.75 Å². The first kappa shape index (κ1) is 12.2. The molecule has 102 valence electrons. The van der Waals surface area contributed by atoms with Crippen LogP contribution in [0.15, 0.2) is 30.5 Å². The van der Waals surface area contributed by atoms with Gasteiger partial charge in [0.05, 0.1) is 18.4 Å². The number of H-pyrrole nitrogens is 1. The van der Waals surface area contributed by atoms with Crippen molar-refractivity contribution in [2.45, 2.75) is 6.10 Å². The summed E-state index contributed by atoms with van der Waals surface area (Å²) in [5, 5.41) is 9.73. The third-order valence-electron chi connectivity index (χ3n) is 2.97. The lowest BCUT2D eigenvalue weighted by Gasteiger charge is -2.32. The molecule has 0 radical (unpaired) electrons. The molecule has 1 aromatic carbocycles. The van der Waals surface area contributed by atoms with E-state index in [-0.39, 0.29) is 18.1 Å². The number of nitrogens with two attached hydrogens (primary N) is 1. The number of nitrogens with one attached hydrogen (secondary N) is 1. The van der Waals surface area contributed by atoms with Gasteiger partial charge in [-0.25, -0.2) is 0 Å². The number of anilines is 1. The fourth-order valence-electron chi connectivity index (χ4n) is 2.02. The molecule has 1 atom stereocenters. The van der Waals surface area contributed by atoms with Crippen LogP contribution in [0, 0.1) is 0 Å². The van der Waals surface area contributed by atoms with E-state index < -0.39 is 12.0 Å². The Kier molecular flexibility index (Phi) is 2.82. The van der Waals surface area contributed by atoms with Crippen molar-refractivity contribution in [1.29, 1.82) is 0 Å². The number of hydrogen-bond acceptors (Lipinski definition) is 5. The maximum atomic E-state index is 12.4. The lowest BCUT2D eigenvalue weighted by Crippen LogP contribution is -2.49. The summed E-state index contributed by atoms with van der Waals surface area (Å²) in [6, 6.07) is 6.93. The second kappa shape index (κ2) is 4.65. The first-order valence-corrected chi connectivity index (χ1v) is 5.89. The topological polar surface area (TPSA) is 114 Å². The van der Waals surface area contributed by atoms with Crippen LogP contribution in [0.3, 0.4) is 0 Å². The predicted octanol–water partition coefficient (Wildman–Crippen LogP) is -0.302. The van der Waals surface area contributed by atoms with Gasteiger partial charge in [0.15, 0.2) is 11.8 Å². The SMILES string of the molecule is NC(=O)C1CN(C(=O)c2cn[nH]n2)c2ccccc2O1. The van der Waals surface area contributed by atoms with Crippen LogP contribution in [0.1, 0.15) is 10.5 Å². The normalized spacial score (nSPS) is 17.2. The van der Waals surface area contributed by atoms with Gasteiger partial charge in [-0.15, -0.1) is 0 Å². The monoisotopic (exact) mass is 273 g/mol. The Morgan fingerprint density at radius 2 is 2.20 bits per heavy atom. The Morgan fingerprint density at radius 1 is 1.40 bits per heavy atom. The number of nitrogens with zero attached hydrogens (tertiary/aromatic N) is 3. The Labute approximate surface area is 113 Å². The molecule has 0 saturated carbocycles. The molecule has 3 N–H and O–H groups in total. The minimum atomic E-state index is -0.888. The summed E-state index contributed by atoms with van der Waals surface area (Å²) in [4.78, 5) is 25.1. The van der Waals surface area contributed by atoms with E-state index in [2.05, 4.69) is 15.4 Å². The van der Waals surface area contributed by atoms with Crippen LogP contribution < -0.4 is 15.4 Å². The molecule has 2 heterocycles. The summed E-state index contributed by atoms with van der Waals surface area (Å²) in [5.74, 6) is -0.572. The smallest absolute Gasteiger partial charge is 0.280 e. The van der Waals surface area contributed by atoms with Gasteiger partial charge in [-0.1, -0.05) is 12.1 Å². The molecule has 0 aliphatic carbocycles. The van der Waals surface area contributed by atoms with Crippen LogP contribution in [0.4, 0.5) is 5.69 Å². The van der Waals surface area contributed by atoms with Gasteiger partial charge < -0.3 is 10.5 Å². The molecular formula is C12H11N5O3. The predicted molar refractivity (Wildman–Crippen MR) is 68.1 cm³/mol. The summed E-state index contributed by atoms with van der Waals surface area (Å²) in [6.45, 7) is 0.0397. The van der Waals surface area contributed by atoms with E-state index in [1.165, 1.54) is 11.1 Å². The first-order valence-electron chi connectivity index (χ1n) is 5.89. The summed E-state index contributed by atoms with van der Waals surface area (Å²) in [6.07, 6.45) is 0.431. The third kappa shape index (κ3) is 1.96. The van der Waals surface area contributed by atoms with Gasteiger partial charge in [-0.2, -0.15) is 15.4 Å². The highest BCUT2D eigenvalue weighted by Gasteiger charge is 2.33. The van der Waals surface area contributed by atoms with Crippen LogP contribution >= 0.6 is 0 Å². The maximum absolute atomic E-state index is 12.4. The summed E-state index contributed by atoms with van der Waals surface area (Å²) < 4.78 is 5.48. The van der Waals surface area contributed by atoms with Crippen LogP contribution in [-0.2, 0) is 4.79 Å². The Morgan fingerprint density at radius 3 is 2.90 bits per heavy atom. The molecule has 20 heavy (non-hydrogen) atoms. The number of rotatable bonds is 2. The minimum absolute atomic E-state index is 0.0397. The fourth-order valence-corrected chi connectivity index (χ4v) is 2.02. The number of primary amides is 1. The second-order valence-electron chi connectivity index (χ2n) is 4.25. The van der Waals surface area contributed by atoms with Crippen molar-refractivity contribution in [2.24, 2.45) is 5.73 Å². The molecule has 0 saturated heterocycles. The summed E-state index contributed by atoms with van der Waals surface area (Å²) >= 11 is 0. The van der Waals surface area contributed by atoms with E-state index in [1.54, 1.807) is 24.3 Å². The second-order valence-corrected chi connectivity index (χ2v) is 4.25. The molecule has 1 unspecified atom stereocenters. The minimum Gasteiger partial charge on any atom is -0.477 e. The van der Waals surface area contributed by atoms with Gasteiger partial charge >= 0.3 is 0 Å². The molecule has 2 amide bonds. The highest BCUT2D eigenvalue weighted by atomic mass is 16.5. The molecule has 8 nitrogen and oxygen atoms in total. The van der Waals surface area contributed by atoms with Crippen molar-refractivity contribution in [1.82, 2.24) is 15.4 Å². The average molecular weight is 273 g/mol. The van der Waals surface area contributed by atoms with Gasteiger partial charge in [0.1, 0.15) is 5.75 Å². The molecule has 1 aromatic heterocycles. The van der Waals surface area contributed by atoms with E-state index in [4.69, 9.17) is 10.5 Å². The van der Waals surface area contributed by atoms with Gasteiger partial charge in [0.25, 0.3) is 11.8 Å². The number of amides is 2. The third-order valence-corrected chi connectivity index (χ3v) is 2.97. The zero-order valence-electron chi connectivity index (χ0n) is 10.3. The number of aromatic amines is 1. The number of benzene rings is 1. The van der Waals surface area contributed by atoms with Gasteiger partial charge in [0.2, 0.25) is 0 Å². The van der Waals surface area contributed by atoms with Crippen LogP contribution in [-0.4, -0.2) is 39.9 Å². The fraction of sp³-hybridized carbons (Fsp3) is 0.167. The van der Waals surface area contributed by atoms with E-state index in [0.717, 1.165) is 0 Å². The van der Waals surface area contributed by atoms with Crippen LogP contribution in [0.25, 0.3) is 0 Å². The molecule has 0 spiro atoms. The Bertz CT molecular complexity index is 655. The number of carbonyl (C=O) groups excluding carboxylic acids is 2. The number of aromatic nitrogens is 3. The number of para-hydroxylation sites is 2. The number of carbonyl (C=O) groups is 2. The molecule has 1 aliphatic rings. The summed E-state index contributed by atoms with van der Waals surface area (Å²) in [5.41, 5.74) is 5.99. The van der Waals surface area contributed by atoms with Crippen molar-refractivity contribution in [3.63, 3.8) is 0 Å². The molecule has 1 aliphatic heterocycles. The summed E-state index contributed by atoms with van der Waals surface area (Å²) in [7, 11) is 0. The number of fused-ring (bicyclic) bond motifs is 1.